The zero-order valence-corrected chi connectivity index (χ0v) is 18.3. The lowest BCUT2D eigenvalue weighted by atomic mass is 10.1. The van der Waals surface area contributed by atoms with Gasteiger partial charge in [0.05, 0.1) is 23.5 Å². The van der Waals surface area contributed by atoms with E-state index in [9.17, 15) is 9.59 Å². The molecule has 0 aliphatic heterocycles. The van der Waals surface area contributed by atoms with Crippen LogP contribution in [0.2, 0.25) is 0 Å². The molecule has 3 aromatic carbocycles. The van der Waals surface area contributed by atoms with E-state index in [1.165, 1.54) is 0 Å². The van der Waals surface area contributed by atoms with Gasteiger partial charge >= 0.3 is 5.97 Å². The summed E-state index contributed by atoms with van der Waals surface area (Å²) in [7, 11) is 0. The molecule has 32 heavy (non-hydrogen) atoms. The number of benzene rings is 3. The first-order valence-electron chi connectivity index (χ1n) is 10.7. The highest BCUT2D eigenvalue weighted by molar-refractivity contribution is 5.96. The van der Waals surface area contributed by atoms with Gasteiger partial charge in [-0.05, 0) is 79.2 Å². The summed E-state index contributed by atoms with van der Waals surface area (Å²) in [6.45, 7) is 4.60. The van der Waals surface area contributed by atoms with E-state index in [4.69, 9.17) is 9.47 Å². The summed E-state index contributed by atoms with van der Waals surface area (Å²) in [5.74, 6) is 0.798. The van der Waals surface area contributed by atoms with Crippen molar-refractivity contribution in [3.05, 3.63) is 83.9 Å². The van der Waals surface area contributed by atoms with E-state index in [1.807, 2.05) is 6.92 Å². The molecule has 164 valence electrons. The first-order valence-corrected chi connectivity index (χ1v) is 10.7. The Morgan fingerprint density at radius 2 is 1.25 bits per heavy atom. The molecule has 0 radical (unpaired) electrons. The van der Waals surface area contributed by atoms with Gasteiger partial charge in [0, 0.05) is 12.0 Å². The number of unbranched alkanes of at least 4 members (excludes halogenated alkanes) is 1. The lowest BCUT2D eigenvalue weighted by molar-refractivity contribution is 0.0734. The summed E-state index contributed by atoms with van der Waals surface area (Å²) in [4.78, 5) is 24.0. The molecular formula is C26H26N2O4. The normalized spacial score (nSPS) is 10.8. The molecule has 0 saturated heterocycles. The molecular weight excluding hydrogens is 404 g/mol. The predicted octanol–water partition coefficient (Wildman–Crippen LogP) is 7.09. The highest BCUT2D eigenvalue weighted by Gasteiger charge is 2.09. The van der Waals surface area contributed by atoms with Crippen LogP contribution in [-0.2, 0) is 0 Å². The highest BCUT2D eigenvalue weighted by Crippen LogP contribution is 2.23. The summed E-state index contributed by atoms with van der Waals surface area (Å²) in [6.07, 6.45) is 2.53. The fourth-order valence-corrected chi connectivity index (χ4v) is 2.80. The molecule has 0 N–H and O–H groups in total. The minimum absolute atomic E-state index is 0.0925. The van der Waals surface area contributed by atoms with Crippen molar-refractivity contribution in [1.82, 2.24) is 0 Å². The van der Waals surface area contributed by atoms with Gasteiger partial charge in [-0.15, -0.1) is 0 Å². The third kappa shape index (κ3) is 6.60. The molecule has 0 aliphatic rings. The molecule has 0 spiro atoms. The van der Waals surface area contributed by atoms with Crippen molar-refractivity contribution in [1.29, 1.82) is 0 Å². The number of esters is 1. The first-order chi connectivity index (χ1) is 15.6. The van der Waals surface area contributed by atoms with Gasteiger partial charge in [-0.2, -0.15) is 10.2 Å². The molecule has 0 amide bonds. The van der Waals surface area contributed by atoms with Gasteiger partial charge < -0.3 is 9.47 Å². The molecule has 6 nitrogen and oxygen atoms in total. The third-order valence-corrected chi connectivity index (χ3v) is 4.70. The van der Waals surface area contributed by atoms with Crippen LogP contribution in [0.4, 0.5) is 11.4 Å². The van der Waals surface area contributed by atoms with E-state index >= 15 is 0 Å². The standard InChI is InChI=1S/C26H26N2O4/c1-3-5-18-31-23-14-8-20(9-15-23)26(30)32-24-16-12-22(13-17-24)28-27-21-10-6-19(7-11-21)25(29)4-2/h6-17H,3-5,18H2,1-2H3. The van der Waals surface area contributed by atoms with Crippen molar-refractivity contribution in [2.75, 3.05) is 6.61 Å². The van der Waals surface area contributed by atoms with E-state index in [0.717, 1.165) is 18.6 Å². The molecule has 0 aliphatic carbocycles. The van der Waals surface area contributed by atoms with Gasteiger partial charge in [-0.25, -0.2) is 4.79 Å². The summed E-state index contributed by atoms with van der Waals surface area (Å²) >= 11 is 0. The van der Waals surface area contributed by atoms with Gasteiger partial charge in [0.1, 0.15) is 11.5 Å². The minimum atomic E-state index is -0.443. The van der Waals surface area contributed by atoms with E-state index in [-0.39, 0.29) is 5.78 Å². The fourth-order valence-electron chi connectivity index (χ4n) is 2.80. The first kappa shape index (κ1) is 22.9. The molecule has 3 aromatic rings. The zero-order chi connectivity index (χ0) is 22.8. The maximum atomic E-state index is 12.3. The van der Waals surface area contributed by atoms with Crippen molar-refractivity contribution in [2.24, 2.45) is 10.2 Å². The zero-order valence-electron chi connectivity index (χ0n) is 18.3. The maximum absolute atomic E-state index is 12.3. The average Bonchev–Trinajstić information content (AvgIpc) is 2.84. The van der Waals surface area contributed by atoms with Crippen LogP contribution in [0.1, 0.15) is 53.8 Å². The lowest BCUT2D eigenvalue weighted by Crippen LogP contribution is -2.08. The third-order valence-electron chi connectivity index (χ3n) is 4.70. The van der Waals surface area contributed by atoms with Crippen LogP contribution >= 0.6 is 0 Å². The molecule has 6 heteroatoms. The molecule has 0 atom stereocenters. The number of azo groups is 1. The molecule has 0 heterocycles. The Bertz CT molecular complexity index is 1060. The molecule has 0 saturated carbocycles. The smallest absolute Gasteiger partial charge is 0.343 e. The monoisotopic (exact) mass is 430 g/mol. The van der Waals surface area contributed by atoms with E-state index < -0.39 is 5.97 Å². The lowest BCUT2D eigenvalue weighted by Gasteiger charge is -2.07. The van der Waals surface area contributed by atoms with Crippen LogP contribution in [-0.4, -0.2) is 18.4 Å². The topological polar surface area (TPSA) is 77.3 Å². The molecule has 0 fully saturated rings. The Morgan fingerprint density at radius 3 is 1.81 bits per heavy atom. The van der Waals surface area contributed by atoms with Crippen LogP contribution in [0.5, 0.6) is 11.5 Å². The number of hydrogen-bond donors (Lipinski definition) is 0. The number of carbonyl (C=O) groups is 2. The Balaban J connectivity index is 1.55. The number of Topliss-reactive ketones (excluding diaryl/α,β-unsaturated/α-hetero) is 1. The van der Waals surface area contributed by atoms with Gasteiger partial charge in [0.15, 0.2) is 5.78 Å². The van der Waals surface area contributed by atoms with Crippen molar-refractivity contribution in [3.63, 3.8) is 0 Å². The van der Waals surface area contributed by atoms with Crippen LogP contribution < -0.4 is 9.47 Å². The summed E-state index contributed by atoms with van der Waals surface area (Å²) in [6, 6.07) is 20.6. The summed E-state index contributed by atoms with van der Waals surface area (Å²) < 4.78 is 11.0. The second-order valence-electron chi connectivity index (χ2n) is 7.13. The molecule has 3 rings (SSSR count). The van der Waals surface area contributed by atoms with Crippen molar-refractivity contribution < 1.29 is 19.1 Å². The second kappa shape index (κ2) is 11.6. The van der Waals surface area contributed by atoms with Gasteiger partial charge in [0.25, 0.3) is 0 Å². The Labute approximate surface area is 187 Å². The van der Waals surface area contributed by atoms with Crippen molar-refractivity contribution >= 4 is 23.1 Å². The van der Waals surface area contributed by atoms with Crippen LogP contribution in [0, 0.1) is 0 Å². The quantitative estimate of drug-likeness (QED) is 0.113. The number of hydrogen-bond acceptors (Lipinski definition) is 6. The molecule has 0 unspecified atom stereocenters. The minimum Gasteiger partial charge on any atom is -0.494 e. The van der Waals surface area contributed by atoms with Crippen molar-refractivity contribution in [3.8, 4) is 11.5 Å². The number of nitrogens with zero attached hydrogens (tertiary/aromatic N) is 2. The largest absolute Gasteiger partial charge is 0.494 e. The predicted molar refractivity (Wildman–Crippen MR) is 123 cm³/mol. The number of ketones is 1. The van der Waals surface area contributed by atoms with E-state index in [0.29, 0.717) is 41.3 Å². The van der Waals surface area contributed by atoms with Gasteiger partial charge in [-0.3, -0.25) is 4.79 Å². The van der Waals surface area contributed by atoms with Crippen LogP contribution in [0.25, 0.3) is 0 Å². The Morgan fingerprint density at radius 1 is 0.719 bits per heavy atom. The van der Waals surface area contributed by atoms with Crippen LogP contribution in [0.3, 0.4) is 0 Å². The van der Waals surface area contributed by atoms with Gasteiger partial charge in [0.2, 0.25) is 0 Å². The fraction of sp³-hybridized carbons (Fsp3) is 0.231. The number of carbonyl (C=O) groups excluding carboxylic acids is 2. The number of ether oxygens (including phenoxy) is 2. The maximum Gasteiger partial charge on any atom is 0.343 e. The summed E-state index contributed by atoms with van der Waals surface area (Å²) in [5, 5.41) is 8.35. The Kier molecular flexibility index (Phi) is 8.26. The van der Waals surface area contributed by atoms with Gasteiger partial charge in [-0.1, -0.05) is 20.3 Å². The Hall–Kier alpha value is -3.80. The molecule has 0 bridgehead atoms. The van der Waals surface area contributed by atoms with E-state index in [2.05, 4.69) is 17.2 Å². The van der Waals surface area contributed by atoms with Crippen LogP contribution in [0.15, 0.2) is 83.0 Å². The summed E-state index contributed by atoms with van der Waals surface area (Å²) in [5.41, 5.74) is 2.38. The SMILES string of the molecule is CCCCOc1ccc(C(=O)Oc2ccc(N=Nc3ccc(C(=O)CC)cc3)cc2)cc1. The average molecular weight is 431 g/mol. The van der Waals surface area contributed by atoms with Crippen molar-refractivity contribution in [2.45, 2.75) is 33.1 Å². The van der Waals surface area contributed by atoms with E-state index in [1.54, 1.807) is 72.8 Å². The second-order valence-corrected chi connectivity index (χ2v) is 7.13. The molecule has 0 aromatic heterocycles. The highest BCUT2D eigenvalue weighted by atomic mass is 16.5. The number of rotatable bonds is 10.